The molecule has 0 aromatic heterocycles. The lowest BCUT2D eigenvalue weighted by atomic mass is 9.79. The molecule has 0 saturated carbocycles. The molecule has 0 saturated heterocycles. The zero-order valence-electron chi connectivity index (χ0n) is 16.7. The maximum atomic E-state index is 14.7. The van der Waals surface area contributed by atoms with E-state index in [1.54, 1.807) is 12.1 Å². The Kier molecular flexibility index (Phi) is 5.75. The van der Waals surface area contributed by atoms with Crippen molar-refractivity contribution in [2.45, 2.75) is 51.4 Å². The van der Waals surface area contributed by atoms with Gasteiger partial charge in [-0.15, -0.1) is 0 Å². The first kappa shape index (κ1) is 19.8. The lowest BCUT2D eigenvalue weighted by molar-refractivity contribution is 0.511. The zero-order chi connectivity index (χ0) is 20.4. The maximum Gasteiger partial charge on any atom is 0.166 e. The standard InChI is InChI=1S/C26H25F3/c1-2-3-5-17-8-13-22(25(28)14-17)20-11-9-19-16-21(12-10-18(19)15-20)23-6-4-7-24(27)26(23)29/h4,6-8,10,12-14,16,20H,2-3,5,9,11,15H2,1H3. The van der Waals surface area contributed by atoms with Gasteiger partial charge in [-0.05, 0) is 78.0 Å². The summed E-state index contributed by atoms with van der Waals surface area (Å²) in [5.74, 6) is -1.60. The van der Waals surface area contributed by atoms with Crippen LogP contribution < -0.4 is 0 Å². The highest BCUT2D eigenvalue weighted by Gasteiger charge is 2.23. The highest BCUT2D eigenvalue weighted by molar-refractivity contribution is 5.66. The van der Waals surface area contributed by atoms with Crippen molar-refractivity contribution < 1.29 is 13.2 Å². The fraction of sp³-hybridized carbons (Fsp3) is 0.308. The van der Waals surface area contributed by atoms with Crippen LogP contribution >= 0.6 is 0 Å². The molecule has 3 heteroatoms. The highest BCUT2D eigenvalue weighted by atomic mass is 19.2. The molecule has 0 spiro atoms. The number of hydrogen-bond donors (Lipinski definition) is 0. The van der Waals surface area contributed by atoms with E-state index in [1.165, 1.54) is 6.07 Å². The fourth-order valence-electron chi connectivity index (χ4n) is 4.35. The topological polar surface area (TPSA) is 0 Å². The molecule has 4 rings (SSSR count). The molecule has 0 heterocycles. The molecule has 29 heavy (non-hydrogen) atoms. The summed E-state index contributed by atoms with van der Waals surface area (Å²) in [6.45, 7) is 2.14. The summed E-state index contributed by atoms with van der Waals surface area (Å²) < 4.78 is 42.4. The molecule has 0 radical (unpaired) electrons. The monoisotopic (exact) mass is 394 g/mol. The molecule has 3 aromatic carbocycles. The number of benzene rings is 3. The average molecular weight is 394 g/mol. The summed E-state index contributed by atoms with van der Waals surface area (Å²) in [5.41, 5.74) is 5.12. The lowest BCUT2D eigenvalue weighted by Gasteiger charge is -2.26. The first-order chi connectivity index (χ1) is 14.1. The molecule has 3 aromatic rings. The zero-order valence-corrected chi connectivity index (χ0v) is 16.7. The molecular formula is C26H25F3. The van der Waals surface area contributed by atoms with E-state index < -0.39 is 11.6 Å². The Morgan fingerprint density at radius 1 is 0.897 bits per heavy atom. The van der Waals surface area contributed by atoms with Crippen molar-refractivity contribution in [2.75, 3.05) is 0 Å². The van der Waals surface area contributed by atoms with Crippen molar-refractivity contribution >= 4 is 0 Å². The largest absolute Gasteiger partial charge is 0.207 e. The van der Waals surface area contributed by atoms with Crippen molar-refractivity contribution in [3.63, 3.8) is 0 Å². The third-order valence-corrected chi connectivity index (χ3v) is 6.02. The third kappa shape index (κ3) is 4.10. The minimum atomic E-state index is -0.835. The van der Waals surface area contributed by atoms with E-state index in [2.05, 4.69) is 13.0 Å². The van der Waals surface area contributed by atoms with Gasteiger partial charge in [-0.3, -0.25) is 0 Å². The SMILES string of the molecule is CCCCc1ccc(C2CCc3cc(-c4cccc(F)c4F)ccc3C2)c(F)c1. The second-order valence-electron chi connectivity index (χ2n) is 7.98. The van der Waals surface area contributed by atoms with Crippen LogP contribution in [0.25, 0.3) is 11.1 Å². The maximum absolute atomic E-state index is 14.7. The molecule has 0 aliphatic heterocycles. The molecule has 0 N–H and O–H groups in total. The van der Waals surface area contributed by atoms with Gasteiger partial charge in [0.25, 0.3) is 0 Å². The van der Waals surface area contributed by atoms with E-state index in [-0.39, 0.29) is 17.3 Å². The fourth-order valence-corrected chi connectivity index (χ4v) is 4.35. The van der Waals surface area contributed by atoms with Gasteiger partial charge >= 0.3 is 0 Å². The molecule has 0 amide bonds. The summed E-state index contributed by atoms with van der Waals surface area (Å²) in [4.78, 5) is 0. The van der Waals surface area contributed by atoms with E-state index in [0.29, 0.717) is 5.56 Å². The summed E-state index contributed by atoms with van der Waals surface area (Å²) >= 11 is 0. The van der Waals surface area contributed by atoms with Gasteiger partial charge in [-0.2, -0.15) is 0 Å². The highest BCUT2D eigenvalue weighted by Crippen LogP contribution is 2.36. The van der Waals surface area contributed by atoms with Crippen molar-refractivity contribution in [2.24, 2.45) is 0 Å². The molecule has 0 bridgehead atoms. The van der Waals surface area contributed by atoms with Crippen molar-refractivity contribution in [3.05, 3.63) is 94.3 Å². The molecule has 1 aliphatic rings. The van der Waals surface area contributed by atoms with Crippen molar-refractivity contribution in [1.82, 2.24) is 0 Å². The van der Waals surface area contributed by atoms with Gasteiger partial charge in [0.2, 0.25) is 0 Å². The molecule has 1 unspecified atom stereocenters. The molecule has 1 aliphatic carbocycles. The van der Waals surface area contributed by atoms with Gasteiger partial charge in [0.05, 0.1) is 0 Å². The summed E-state index contributed by atoms with van der Waals surface area (Å²) in [6.07, 6.45) is 5.52. The van der Waals surface area contributed by atoms with Crippen LogP contribution in [0.2, 0.25) is 0 Å². The molecule has 1 atom stereocenters. The Hall–Kier alpha value is -2.55. The van der Waals surface area contributed by atoms with Gasteiger partial charge in [-0.25, -0.2) is 13.2 Å². The second-order valence-corrected chi connectivity index (χ2v) is 7.98. The van der Waals surface area contributed by atoms with Crippen molar-refractivity contribution in [3.8, 4) is 11.1 Å². The summed E-state index contributed by atoms with van der Waals surface area (Å²) in [5, 5.41) is 0. The van der Waals surface area contributed by atoms with Gasteiger partial charge in [0.1, 0.15) is 5.82 Å². The number of aryl methyl sites for hydroxylation is 2. The second kappa shape index (κ2) is 8.44. The number of fused-ring (bicyclic) bond motifs is 1. The van der Waals surface area contributed by atoms with E-state index >= 15 is 0 Å². The van der Waals surface area contributed by atoms with Gasteiger partial charge in [0, 0.05) is 5.56 Å². The van der Waals surface area contributed by atoms with E-state index in [1.807, 2.05) is 24.3 Å². The van der Waals surface area contributed by atoms with E-state index in [0.717, 1.165) is 66.8 Å². The number of halogens is 3. The van der Waals surface area contributed by atoms with Crippen LogP contribution in [0.15, 0.2) is 54.6 Å². The van der Waals surface area contributed by atoms with Gasteiger partial charge in [-0.1, -0.05) is 55.8 Å². The Morgan fingerprint density at radius 3 is 2.55 bits per heavy atom. The van der Waals surface area contributed by atoms with E-state index in [4.69, 9.17) is 0 Å². The van der Waals surface area contributed by atoms with Crippen molar-refractivity contribution in [1.29, 1.82) is 0 Å². The summed E-state index contributed by atoms with van der Waals surface area (Å²) in [6, 6.07) is 15.7. The Morgan fingerprint density at radius 2 is 1.76 bits per heavy atom. The van der Waals surface area contributed by atoms with Crippen LogP contribution in [-0.2, 0) is 19.3 Å². The first-order valence-electron chi connectivity index (χ1n) is 10.4. The number of rotatable bonds is 5. The van der Waals surface area contributed by atoms with Crippen LogP contribution in [0.3, 0.4) is 0 Å². The quantitative estimate of drug-likeness (QED) is 0.423. The molecule has 0 fully saturated rings. The van der Waals surface area contributed by atoms with Crippen LogP contribution in [0.1, 0.15) is 54.4 Å². The first-order valence-corrected chi connectivity index (χ1v) is 10.4. The number of hydrogen-bond acceptors (Lipinski definition) is 0. The van der Waals surface area contributed by atoms with Crippen LogP contribution in [0, 0.1) is 17.5 Å². The third-order valence-electron chi connectivity index (χ3n) is 6.02. The molecule has 150 valence electrons. The van der Waals surface area contributed by atoms with Crippen LogP contribution in [0.4, 0.5) is 13.2 Å². The van der Waals surface area contributed by atoms with Crippen LogP contribution in [0.5, 0.6) is 0 Å². The van der Waals surface area contributed by atoms with E-state index in [9.17, 15) is 13.2 Å². The normalized spacial score (nSPS) is 15.9. The number of unbranched alkanes of at least 4 members (excludes halogenated alkanes) is 1. The van der Waals surface area contributed by atoms with Gasteiger partial charge in [0.15, 0.2) is 11.6 Å². The van der Waals surface area contributed by atoms with Gasteiger partial charge < -0.3 is 0 Å². The lowest BCUT2D eigenvalue weighted by Crippen LogP contribution is -2.14. The predicted molar refractivity (Wildman–Crippen MR) is 112 cm³/mol. The smallest absolute Gasteiger partial charge is 0.166 e. The minimum absolute atomic E-state index is 0.106. The molecular weight excluding hydrogens is 369 g/mol. The van der Waals surface area contributed by atoms with Crippen LogP contribution in [-0.4, -0.2) is 0 Å². The Labute approximate surface area is 170 Å². The predicted octanol–water partition coefficient (Wildman–Crippen LogP) is 7.39. The summed E-state index contributed by atoms with van der Waals surface area (Å²) in [7, 11) is 0. The Balaban J connectivity index is 1.56. The minimum Gasteiger partial charge on any atom is -0.207 e. The Bertz CT molecular complexity index is 1020. The average Bonchev–Trinajstić information content (AvgIpc) is 2.73. The molecule has 0 nitrogen and oxygen atoms in total.